The van der Waals surface area contributed by atoms with Crippen molar-refractivity contribution in [3.63, 3.8) is 0 Å². The summed E-state index contributed by atoms with van der Waals surface area (Å²) >= 11 is 0. The highest BCUT2D eigenvalue weighted by Crippen LogP contribution is 2.22. The van der Waals surface area contributed by atoms with Crippen molar-refractivity contribution in [2.45, 2.75) is 64.2 Å². The van der Waals surface area contributed by atoms with Gasteiger partial charge in [0, 0.05) is 12.3 Å². The maximum atomic E-state index is 11.9. The smallest absolute Gasteiger partial charge is 0.136 e. The largest absolute Gasteiger partial charge is 0.299 e. The van der Waals surface area contributed by atoms with E-state index in [2.05, 4.69) is 18.7 Å². The van der Waals surface area contributed by atoms with Gasteiger partial charge < -0.3 is 0 Å². The van der Waals surface area contributed by atoms with Crippen LogP contribution < -0.4 is 0 Å². The number of hydrogen-bond acceptors (Lipinski definition) is 1. The monoisotopic (exact) mass is 234 g/mol. The average molecular weight is 234 g/mol. The van der Waals surface area contributed by atoms with E-state index < -0.39 is 0 Å². The highest BCUT2D eigenvalue weighted by atomic mass is 16.1. The predicted octanol–water partition coefficient (Wildman–Crippen LogP) is 4.83. The number of allylic oxidation sites excluding steroid dienone is 3. The molecule has 0 spiro atoms. The van der Waals surface area contributed by atoms with Crippen molar-refractivity contribution in [3.8, 4) is 0 Å². The second-order valence-corrected chi connectivity index (χ2v) is 5.04. The number of unbranched alkanes of at least 4 members (excludes halogenated alkanes) is 2. The summed E-state index contributed by atoms with van der Waals surface area (Å²) in [6.07, 6.45) is 17.6. The first-order chi connectivity index (χ1) is 8.34. The Labute approximate surface area is 106 Å². The van der Waals surface area contributed by atoms with Crippen LogP contribution in [0, 0.1) is 5.92 Å². The minimum absolute atomic E-state index is 0.311. The zero-order valence-electron chi connectivity index (χ0n) is 11.0. The van der Waals surface area contributed by atoms with Crippen LogP contribution in [0.1, 0.15) is 64.2 Å². The SMILES string of the molecule is C=CCCCC=CCC1CCCCCCC1=O. The van der Waals surface area contributed by atoms with Crippen LogP contribution in [0.2, 0.25) is 0 Å². The van der Waals surface area contributed by atoms with Crippen molar-refractivity contribution >= 4 is 5.78 Å². The van der Waals surface area contributed by atoms with E-state index in [1.54, 1.807) is 0 Å². The third-order valence-electron chi connectivity index (χ3n) is 3.55. The van der Waals surface area contributed by atoms with Crippen molar-refractivity contribution in [1.82, 2.24) is 0 Å². The van der Waals surface area contributed by atoms with Crippen LogP contribution in [0.5, 0.6) is 0 Å². The van der Waals surface area contributed by atoms with E-state index in [4.69, 9.17) is 0 Å². The first-order valence-electron chi connectivity index (χ1n) is 7.13. The molecule has 0 aromatic rings. The van der Waals surface area contributed by atoms with Crippen LogP contribution in [0.3, 0.4) is 0 Å². The summed E-state index contributed by atoms with van der Waals surface area (Å²) in [5.74, 6) is 0.811. The molecule has 0 aliphatic heterocycles. The molecule has 0 heterocycles. The minimum Gasteiger partial charge on any atom is -0.299 e. The Morgan fingerprint density at radius 2 is 1.94 bits per heavy atom. The van der Waals surface area contributed by atoms with E-state index in [1.807, 2.05) is 6.08 Å². The van der Waals surface area contributed by atoms with Crippen molar-refractivity contribution in [3.05, 3.63) is 24.8 Å². The molecule has 1 unspecified atom stereocenters. The van der Waals surface area contributed by atoms with Gasteiger partial charge in [0.1, 0.15) is 5.78 Å². The molecule has 0 saturated heterocycles. The fourth-order valence-corrected chi connectivity index (χ4v) is 2.42. The highest BCUT2D eigenvalue weighted by molar-refractivity contribution is 5.81. The summed E-state index contributed by atoms with van der Waals surface area (Å²) in [4.78, 5) is 11.9. The van der Waals surface area contributed by atoms with Gasteiger partial charge in [-0.05, 0) is 38.5 Å². The highest BCUT2D eigenvalue weighted by Gasteiger charge is 2.17. The molecular weight excluding hydrogens is 208 g/mol. The van der Waals surface area contributed by atoms with Crippen LogP contribution in [-0.2, 0) is 4.79 Å². The van der Waals surface area contributed by atoms with Crippen LogP contribution >= 0.6 is 0 Å². The summed E-state index contributed by atoms with van der Waals surface area (Å²) in [6, 6.07) is 0. The maximum Gasteiger partial charge on any atom is 0.136 e. The molecule has 96 valence electrons. The van der Waals surface area contributed by atoms with Crippen molar-refractivity contribution in [2.24, 2.45) is 5.92 Å². The lowest BCUT2D eigenvalue weighted by atomic mass is 9.87. The zero-order valence-corrected chi connectivity index (χ0v) is 11.0. The Bertz CT molecular complexity index is 252. The molecule has 0 aromatic heterocycles. The van der Waals surface area contributed by atoms with Gasteiger partial charge in [-0.25, -0.2) is 0 Å². The van der Waals surface area contributed by atoms with Gasteiger partial charge in [-0.15, -0.1) is 6.58 Å². The average Bonchev–Trinajstić information content (AvgIpc) is 2.32. The van der Waals surface area contributed by atoms with E-state index >= 15 is 0 Å². The molecular formula is C16H26O. The lowest BCUT2D eigenvalue weighted by Gasteiger charge is -2.16. The standard InChI is InChI=1S/C16H26O/c1-2-3-4-5-6-9-12-15-13-10-7-8-11-14-16(15)17/h2,6,9,15H,1,3-5,7-8,10-14H2. The lowest BCUT2D eigenvalue weighted by molar-refractivity contribution is -0.123. The second-order valence-electron chi connectivity index (χ2n) is 5.04. The van der Waals surface area contributed by atoms with Gasteiger partial charge in [-0.3, -0.25) is 4.79 Å². The van der Waals surface area contributed by atoms with E-state index in [0.717, 1.165) is 38.5 Å². The van der Waals surface area contributed by atoms with Crippen molar-refractivity contribution in [1.29, 1.82) is 0 Å². The summed E-state index contributed by atoms with van der Waals surface area (Å²) in [7, 11) is 0. The molecule has 0 N–H and O–H groups in total. The molecule has 1 rings (SSSR count). The Morgan fingerprint density at radius 1 is 1.12 bits per heavy atom. The third-order valence-corrected chi connectivity index (χ3v) is 3.55. The molecule has 1 atom stereocenters. The quantitative estimate of drug-likeness (QED) is 0.475. The summed E-state index contributed by atoms with van der Waals surface area (Å²) in [5, 5.41) is 0. The second kappa shape index (κ2) is 9.21. The Hall–Kier alpha value is -0.850. The molecule has 1 heteroatoms. The topological polar surface area (TPSA) is 17.1 Å². The van der Waals surface area contributed by atoms with E-state index in [1.165, 1.54) is 25.7 Å². The molecule has 0 amide bonds. The summed E-state index contributed by atoms with van der Waals surface area (Å²) < 4.78 is 0. The summed E-state index contributed by atoms with van der Waals surface area (Å²) in [6.45, 7) is 3.71. The van der Waals surface area contributed by atoms with Crippen molar-refractivity contribution in [2.75, 3.05) is 0 Å². The molecule has 1 aliphatic rings. The lowest BCUT2D eigenvalue weighted by Crippen LogP contribution is -2.15. The Balaban J connectivity index is 2.22. The van der Waals surface area contributed by atoms with Crippen LogP contribution in [0.25, 0.3) is 0 Å². The van der Waals surface area contributed by atoms with Crippen molar-refractivity contribution < 1.29 is 4.79 Å². The minimum atomic E-state index is 0.311. The first-order valence-corrected chi connectivity index (χ1v) is 7.13. The number of hydrogen-bond donors (Lipinski definition) is 0. The summed E-state index contributed by atoms with van der Waals surface area (Å²) in [5.41, 5.74) is 0. The predicted molar refractivity (Wildman–Crippen MR) is 74.0 cm³/mol. The number of ketones is 1. The molecule has 1 nitrogen and oxygen atoms in total. The normalized spacial score (nSPS) is 22.4. The number of carbonyl (C=O) groups excluding carboxylic acids is 1. The maximum absolute atomic E-state index is 11.9. The van der Waals surface area contributed by atoms with Gasteiger partial charge in [0.2, 0.25) is 0 Å². The van der Waals surface area contributed by atoms with Gasteiger partial charge in [-0.2, -0.15) is 0 Å². The molecule has 0 radical (unpaired) electrons. The van der Waals surface area contributed by atoms with Gasteiger partial charge in [0.15, 0.2) is 0 Å². The fourth-order valence-electron chi connectivity index (χ4n) is 2.42. The first kappa shape index (κ1) is 14.2. The van der Waals surface area contributed by atoms with Gasteiger partial charge in [0.05, 0.1) is 0 Å². The third kappa shape index (κ3) is 6.45. The van der Waals surface area contributed by atoms with Crippen LogP contribution in [-0.4, -0.2) is 5.78 Å². The number of Topliss-reactive ketones (excluding diaryl/α,β-unsaturated/α-hetero) is 1. The molecule has 0 bridgehead atoms. The molecule has 1 saturated carbocycles. The Morgan fingerprint density at radius 3 is 2.76 bits per heavy atom. The zero-order chi connectivity index (χ0) is 12.3. The van der Waals surface area contributed by atoms with Gasteiger partial charge in [0.25, 0.3) is 0 Å². The number of carbonyl (C=O) groups is 1. The number of rotatable bonds is 6. The van der Waals surface area contributed by atoms with Crippen LogP contribution in [0.15, 0.2) is 24.8 Å². The molecule has 17 heavy (non-hydrogen) atoms. The van der Waals surface area contributed by atoms with Gasteiger partial charge >= 0.3 is 0 Å². The fraction of sp³-hybridized carbons (Fsp3) is 0.688. The molecule has 0 aromatic carbocycles. The molecule has 1 aliphatic carbocycles. The van der Waals surface area contributed by atoms with Gasteiger partial charge in [-0.1, -0.05) is 37.5 Å². The molecule has 1 fully saturated rings. The van der Waals surface area contributed by atoms with E-state index in [0.29, 0.717) is 11.7 Å². The van der Waals surface area contributed by atoms with E-state index in [9.17, 15) is 4.79 Å². The van der Waals surface area contributed by atoms with Crippen LogP contribution in [0.4, 0.5) is 0 Å². The van der Waals surface area contributed by atoms with E-state index in [-0.39, 0.29) is 0 Å². The Kier molecular flexibility index (Phi) is 7.70.